The molecule has 0 amide bonds. The van der Waals surface area contributed by atoms with Gasteiger partial charge in [-0.3, -0.25) is 0 Å². The molecule has 0 atom stereocenters. The zero-order chi connectivity index (χ0) is 8.93. The third-order valence-electron chi connectivity index (χ3n) is 1.68. The second-order valence-corrected chi connectivity index (χ2v) is 4.34. The standard InChI is InChI=1S/2C6H5.Mn/c2*1-2-4-6-5-3-1;/h2*1-5H;. The van der Waals surface area contributed by atoms with Gasteiger partial charge in [-0.2, -0.15) is 0 Å². The van der Waals surface area contributed by atoms with Crippen LogP contribution in [0.2, 0.25) is 0 Å². The maximum atomic E-state index is 2.17. The molecule has 2 rings (SSSR count). The third-order valence-corrected chi connectivity index (χ3v) is 3.15. The van der Waals surface area contributed by atoms with Crippen LogP contribution in [-0.2, 0) is 15.0 Å². The van der Waals surface area contributed by atoms with E-state index in [9.17, 15) is 0 Å². The van der Waals surface area contributed by atoms with Crippen molar-refractivity contribution < 1.29 is 15.0 Å². The summed E-state index contributed by atoms with van der Waals surface area (Å²) in [5, 5.41) is 0. The molecule has 0 aromatic heterocycles. The summed E-state index contributed by atoms with van der Waals surface area (Å²) in [6, 6.07) is 21.2. The van der Waals surface area contributed by atoms with Gasteiger partial charge < -0.3 is 0 Å². The molecule has 0 fully saturated rings. The summed E-state index contributed by atoms with van der Waals surface area (Å²) >= 11 is 0.745. The molecule has 0 saturated carbocycles. The molecule has 13 heavy (non-hydrogen) atoms. The Bertz CT molecular complexity index is 316. The molecule has 2 aromatic carbocycles. The molecule has 0 N–H and O–H groups in total. The molecule has 0 aliphatic rings. The molecule has 0 unspecified atom stereocenters. The quantitative estimate of drug-likeness (QED) is 0.660. The molecular weight excluding hydrogens is 199 g/mol. The fourth-order valence-corrected chi connectivity index (χ4v) is 2.32. The summed E-state index contributed by atoms with van der Waals surface area (Å²) in [5.74, 6) is 0. The van der Waals surface area contributed by atoms with Crippen LogP contribution in [0.5, 0.6) is 0 Å². The van der Waals surface area contributed by atoms with Gasteiger partial charge in [0.15, 0.2) is 0 Å². The average molecular weight is 209 g/mol. The molecule has 0 bridgehead atoms. The van der Waals surface area contributed by atoms with Crippen molar-refractivity contribution in [3.05, 3.63) is 60.7 Å². The maximum absolute atomic E-state index is 2.17. The van der Waals surface area contributed by atoms with Crippen molar-refractivity contribution in [3.63, 3.8) is 0 Å². The fourth-order valence-electron chi connectivity index (χ4n) is 1.08. The first kappa shape index (κ1) is 8.55. The van der Waals surface area contributed by atoms with Gasteiger partial charge >= 0.3 is 84.5 Å². The Labute approximate surface area is 84.8 Å². The van der Waals surface area contributed by atoms with Gasteiger partial charge in [0.2, 0.25) is 0 Å². The normalized spacial score (nSPS) is 9.85. The van der Waals surface area contributed by atoms with Crippen LogP contribution in [0.15, 0.2) is 60.7 Å². The van der Waals surface area contributed by atoms with E-state index in [4.69, 9.17) is 0 Å². The predicted molar refractivity (Wildman–Crippen MR) is 52.2 cm³/mol. The van der Waals surface area contributed by atoms with Gasteiger partial charge in [-0.1, -0.05) is 0 Å². The average Bonchev–Trinajstić information content (AvgIpc) is 2.21. The van der Waals surface area contributed by atoms with E-state index in [0.29, 0.717) is 0 Å². The Hall–Kier alpha value is -1.04. The van der Waals surface area contributed by atoms with Crippen LogP contribution in [-0.4, -0.2) is 0 Å². The molecule has 0 spiro atoms. The van der Waals surface area contributed by atoms with Crippen LogP contribution in [0.1, 0.15) is 0 Å². The first-order valence-corrected chi connectivity index (χ1v) is 5.38. The Morgan fingerprint density at radius 2 is 0.923 bits per heavy atom. The first-order valence-electron chi connectivity index (χ1n) is 4.20. The van der Waals surface area contributed by atoms with Crippen molar-refractivity contribution in [1.29, 1.82) is 0 Å². The van der Waals surface area contributed by atoms with Crippen LogP contribution in [0.4, 0.5) is 0 Å². The van der Waals surface area contributed by atoms with E-state index in [1.807, 2.05) is 0 Å². The van der Waals surface area contributed by atoms with Crippen molar-refractivity contribution in [1.82, 2.24) is 0 Å². The van der Waals surface area contributed by atoms with Crippen LogP contribution in [0.25, 0.3) is 0 Å². The Morgan fingerprint density at radius 3 is 1.31 bits per heavy atom. The summed E-state index contributed by atoms with van der Waals surface area (Å²) in [5.41, 5.74) is 0. The van der Waals surface area contributed by atoms with E-state index in [0.717, 1.165) is 15.0 Å². The molecule has 65 valence electrons. The van der Waals surface area contributed by atoms with E-state index in [1.165, 1.54) is 8.92 Å². The molecule has 0 aliphatic heterocycles. The van der Waals surface area contributed by atoms with Gasteiger partial charge in [-0.05, 0) is 0 Å². The Morgan fingerprint density at radius 1 is 0.538 bits per heavy atom. The van der Waals surface area contributed by atoms with Gasteiger partial charge in [0.05, 0.1) is 0 Å². The van der Waals surface area contributed by atoms with Gasteiger partial charge in [0.1, 0.15) is 0 Å². The Balaban J connectivity index is 2.16. The van der Waals surface area contributed by atoms with E-state index >= 15 is 0 Å². The van der Waals surface area contributed by atoms with Gasteiger partial charge in [-0.25, -0.2) is 0 Å². The van der Waals surface area contributed by atoms with Gasteiger partial charge in [-0.15, -0.1) is 0 Å². The number of benzene rings is 2. The fraction of sp³-hybridized carbons (Fsp3) is 0. The van der Waals surface area contributed by atoms with Crippen molar-refractivity contribution in [2.75, 3.05) is 0 Å². The van der Waals surface area contributed by atoms with Gasteiger partial charge in [0, 0.05) is 0 Å². The molecule has 0 heterocycles. The number of hydrogen-bond donors (Lipinski definition) is 0. The zero-order valence-electron chi connectivity index (χ0n) is 7.15. The molecule has 2 aromatic rings. The summed E-state index contributed by atoms with van der Waals surface area (Å²) in [6.07, 6.45) is 0. The van der Waals surface area contributed by atoms with Crippen molar-refractivity contribution in [3.8, 4) is 0 Å². The van der Waals surface area contributed by atoms with Crippen molar-refractivity contribution in [2.24, 2.45) is 0 Å². The molecule has 0 nitrogen and oxygen atoms in total. The molecular formula is C12H10Mn. The monoisotopic (exact) mass is 209 g/mol. The van der Waals surface area contributed by atoms with E-state index < -0.39 is 0 Å². The van der Waals surface area contributed by atoms with Crippen LogP contribution in [0.3, 0.4) is 0 Å². The van der Waals surface area contributed by atoms with Crippen LogP contribution >= 0.6 is 0 Å². The summed E-state index contributed by atoms with van der Waals surface area (Å²) in [6.45, 7) is 0. The van der Waals surface area contributed by atoms with E-state index in [2.05, 4.69) is 60.7 Å². The molecule has 0 aliphatic carbocycles. The predicted octanol–water partition coefficient (Wildman–Crippen LogP) is 1.72. The van der Waals surface area contributed by atoms with Crippen molar-refractivity contribution >= 4 is 8.92 Å². The number of rotatable bonds is 2. The second-order valence-electron chi connectivity index (χ2n) is 2.69. The van der Waals surface area contributed by atoms with E-state index in [1.54, 1.807) is 0 Å². The van der Waals surface area contributed by atoms with Crippen molar-refractivity contribution in [2.45, 2.75) is 0 Å². The van der Waals surface area contributed by atoms with Crippen LogP contribution < -0.4 is 8.92 Å². The Kier molecular flexibility index (Phi) is 2.81. The minimum atomic E-state index is 0.745. The molecule has 0 radical (unpaired) electrons. The summed E-state index contributed by atoms with van der Waals surface area (Å²) in [4.78, 5) is 0. The minimum absolute atomic E-state index is 0.745. The van der Waals surface area contributed by atoms with Gasteiger partial charge in [0.25, 0.3) is 0 Å². The number of hydrogen-bond acceptors (Lipinski definition) is 0. The summed E-state index contributed by atoms with van der Waals surface area (Å²) < 4.78 is 2.80. The van der Waals surface area contributed by atoms with E-state index in [-0.39, 0.29) is 0 Å². The summed E-state index contributed by atoms with van der Waals surface area (Å²) in [7, 11) is 0. The molecule has 1 heteroatoms. The zero-order valence-corrected chi connectivity index (χ0v) is 8.33. The SMILES string of the molecule is c1cc[c]([Mn][c]2ccccc2)cc1. The molecule has 0 saturated heterocycles. The first-order chi connectivity index (χ1) is 6.45. The third kappa shape index (κ3) is 2.45. The van der Waals surface area contributed by atoms with Crippen LogP contribution in [0, 0.1) is 0 Å². The topological polar surface area (TPSA) is 0 Å². The second kappa shape index (κ2) is 4.27.